The van der Waals surface area contributed by atoms with Crippen molar-refractivity contribution < 1.29 is 9.63 Å². The molecule has 12 heavy (non-hydrogen) atoms. The van der Waals surface area contributed by atoms with Crippen molar-refractivity contribution in [3.05, 3.63) is 0 Å². The van der Waals surface area contributed by atoms with Gasteiger partial charge in [0.1, 0.15) is 0 Å². The van der Waals surface area contributed by atoms with Crippen LogP contribution in [-0.4, -0.2) is 24.1 Å². The highest BCUT2D eigenvalue weighted by molar-refractivity contribution is 5.75. The van der Waals surface area contributed by atoms with E-state index in [1.165, 1.54) is 12.8 Å². The summed E-state index contributed by atoms with van der Waals surface area (Å²) in [4.78, 5) is 16.7. The fourth-order valence-corrected chi connectivity index (χ4v) is 1.46. The van der Waals surface area contributed by atoms with E-state index in [4.69, 9.17) is 4.84 Å². The third kappa shape index (κ3) is 1.97. The largest absolute Gasteiger partial charge is 0.273 e. The topological polar surface area (TPSA) is 29.5 Å². The van der Waals surface area contributed by atoms with Gasteiger partial charge >= 0.3 is 0 Å². The van der Waals surface area contributed by atoms with Crippen LogP contribution in [-0.2, 0) is 9.63 Å². The van der Waals surface area contributed by atoms with E-state index in [9.17, 15) is 4.79 Å². The second-order valence-electron chi connectivity index (χ2n) is 3.68. The maximum absolute atomic E-state index is 11.4. The van der Waals surface area contributed by atoms with E-state index in [2.05, 4.69) is 0 Å². The van der Waals surface area contributed by atoms with Gasteiger partial charge in [-0.1, -0.05) is 0 Å². The van der Waals surface area contributed by atoms with E-state index in [0.717, 1.165) is 26.0 Å². The summed E-state index contributed by atoms with van der Waals surface area (Å²) in [5, 5.41) is 1.56. The van der Waals surface area contributed by atoms with Gasteiger partial charge in [-0.25, -0.2) is 5.06 Å². The Balaban J connectivity index is 1.76. The molecular formula is C9H15NO2. The molecule has 0 aromatic carbocycles. The number of hydrogen-bond acceptors (Lipinski definition) is 2. The van der Waals surface area contributed by atoms with Crippen molar-refractivity contribution >= 4 is 5.91 Å². The van der Waals surface area contributed by atoms with E-state index < -0.39 is 0 Å². The lowest BCUT2D eigenvalue weighted by Crippen LogP contribution is -2.35. The molecule has 0 N–H and O–H groups in total. The molecule has 1 aliphatic carbocycles. The Bertz CT molecular complexity index is 171. The highest BCUT2D eigenvalue weighted by Crippen LogP contribution is 2.33. The average Bonchev–Trinajstić information content (AvgIpc) is 2.90. The predicted octanol–water partition coefficient (Wildman–Crippen LogP) is 1.34. The third-order valence-corrected chi connectivity index (χ3v) is 2.44. The van der Waals surface area contributed by atoms with Crippen molar-refractivity contribution in [1.82, 2.24) is 5.06 Å². The van der Waals surface area contributed by atoms with Gasteiger partial charge in [-0.15, -0.1) is 0 Å². The molecule has 1 aliphatic heterocycles. The van der Waals surface area contributed by atoms with Gasteiger partial charge in [0.15, 0.2) is 0 Å². The molecule has 0 spiro atoms. The summed E-state index contributed by atoms with van der Waals surface area (Å²) >= 11 is 0. The third-order valence-electron chi connectivity index (χ3n) is 2.44. The van der Waals surface area contributed by atoms with E-state index in [-0.39, 0.29) is 5.91 Å². The Morgan fingerprint density at radius 1 is 1.42 bits per heavy atom. The molecule has 0 radical (unpaired) electrons. The van der Waals surface area contributed by atoms with Gasteiger partial charge in [-0.2, -0.15) is 0 Å². The van der Waals surface area contributed by atoms with Crippen molar-refractivity contribution in [2.45, 2.75) is 32.1 Å². The van der Waals surface area contributed by atoms with Gasteiger partial charge in [0.2, 0.25) is 5.91 Å². The molecule has 3 nitrogen and oxygen atoms in total. The van der Waals surface area contributed by atoms with Crippen LogP contribution in [0, 0.1) is 5.92 Å². The molecule has 0 bridgehead atoms. The Hall–Kier alpha value is -0.570. The van der Waals surface area contributed by atoms with Gasteiger partial charge in [0.05, 0.1) is 6.61 Å². The van der Waals surface area contributed by atoms with E-state index in [0.29, 0.717) is 12.3 Å². The van der Waals surface area contributed by atoms with Gasteiger partial charge in [-0.05, 0) is 31.6 Å². The molecular weight excluding hydrogens is 154 g/mol. The van der Waals surface area contributed by atoms with Crippen molar-refractivity contribution in [1.29, 1.82) is 0 Å². The van der Waals surface area contributed by atoms with Crippen LogP contribution in [0.2, 0.25) is 0 Å². The lowest BCUT2D eigenvalue weighted by atomic mass is 10.2. The second kappa shape index (κ2) is 3.44. The minimum atomic E-state index is 0.192. The number of rotatable bonds is 2. The SMILES string of the molecule is O=C(CC1CC1)N1CCCCO1. The van der Waals surface area contributed by atoms with Crippen LogP contribution in [0.25, 0.3) is 0 Å². The summed E-state index contributed by atoms with van der Waals surface area (Å²) in [5.41, 5.74) is 0. The smallest absolute Gasteiger partial charge is 0.246 e. The lowest BCUT2D eigenvalue weighted by Gasteiger charge is -2.25. The van der Waals surface area contributed by atoms with Gasteiger partial charge < -0.3 is 0 Å². The summed E-state index contributed by atoms with van der Waals surface area (Å²) in [7, 11) is 0. The Kier molecular flexibility index (Phi) is 2.30. The maximum Gasteiger partial charge on any atom is 0.246 e. The van der Waals surface area contributed by atoms with Crippen molar-refractivity contribution in [3.8, 4) is 0 Å². The van der Waals surface area contributed by atoms with E-state index in [1.54, 1.807) is 5.06 Å². The summed E-state index contributed by atoms with van der Waals surface area (Å²) in [6, 6.07) is 0. The standard InChI is InChI=1S/C9H15NO2/c11-9(7-8-3-4-8)10-5-1-2-6-12-10/h8H,1-7H2. The second-order valence-corrected chi connectivity index (χ2v) is 3.68. The molecule has 0 unspecified atom stereocenters. The molecule has 2 fully saturated rings. The molecule has 1 amide bonds. The first-order chi connectivity index (χ1) is 5.86. The highest BCUT2D eigenvalue weighted by atomic mass is 16.7. The number of carbonyl (C=O) groups excluding carboxylic acids is 1. The van der Waals surface area contributed by atoms with Crippen LogP contribution < -0.4 is 0 Å². The Morgan fingerprint density at radius 3 is 2.83 bits per heavy atom. The fourth-order valence-electron chi connectivity index (χ4n) is 1.46. The van der Waals surface area contributed by atoms with Crippen LogP contribution in [0.1, 0.15) is 32.1 Å². The summed E-state index contributed by atoms with van der Waals surface area (Å²) in [6.07, 6.45) is 5.36. The zero-order chi connectivity index (χ0) is 8.39. The van der Waals surface area contributed by atoms with Crippen molar-refractivity contribution in [3.63, 3.8) is 0 Å². The van der Waals surface area contributed by atoms with Gasteiger partial charge in [0.25, 0.3) is 0 Å². The number of hydroxylamine groups is 2. The number of hydrogen-bond donors (Lipinski definition) is 0. The molecule has 2 aliphatic rings. The first kappa shape index (κ1) is 8.05. The molecule has 1 saturated carbocycles. The molecule has 0 aromatic heterocycles. The molecule has 68 valence electrons. The summed E-state index contributed by atoms with van der Waals surface area (Å²) in [6.45, 7) is 1.52. The molecule has 2 rings (SSSR count). The Morgan fingerprint density at radius 2 is 2.25 bits per heavy atom. The minimum absolute atomic E-state index is 0.192. The average molecular weight is 169 g/mol. The summed E-state index contributed by atoms with van der Waals surface area (Å²) < 4.78 is 0. The molecule has 3 heteroatoms. The lowest BCUT2D eigenvalue weighted by molar-refractivity contribution is -0.197. The first-order valence-corrected chi connectivity index (χ1v) is 4.79. The molecule has 1 saturated heterocycles. The fraction of sp³-hybridized carbons (Fsp3) is 0.889. The van der Waals surface area contributed by atoms with Crippen LogP contribution in [0.4, 0.5) is 0 Å². The van der Waals surface area contributed by atoms with Crippen LogP contribution in [0.3, 0.4) is 0 Å². The van der Waals surface area contributed by atoms with Gasteiger partial charge in [-0.3, -0.25) is 9.63 Å². The zero-order valence-electron chi connectivity index (χ0n) is 7.29. The van der Waals surface area contributed by atoms with E-state index >= 15 is 0 Å². The predicted molar refractivity (Wildman–Crippen MR) is 44.2 cm³/mol. The molecule has 1 heterocycles. The number of nitrogens with zero attached hydrogens (tertiary/aromatic N) is 1. The quantitative estimate of drug-likeness (QED) is 0.624. The van der Waals surface area contributed by atoms with Crippen LogP contribution in [0.15, 0.2) is 0 Å². The van der Waals surface area contributed by atoms with Crippen molar-refractivity contribution in [2.75, 3.05) is 13.2 Å². The monoisotopic (exact) mass is 169 g/mol. The number of amides is 1. The molecule has 0 atom stereocenters. The molecule has 0 aromatic rings. The minimum Gasteiger partial charge on any atom is -0.273 e. The van der Waals surface area contributed by atoms with Crippen LogP contribution >= 0.6 is 0 Å². The maximum atomic E-state index is 11.4. The number of carbonyl (C=O) groups is 1. The normalized spacial score (nSPS) is 24.2. The first-order valence-electron chi connectivity index (χ1n) is 4.79. The summed E-state index contributed by atoms with van der Waals surface area (Å²) in [5.74, 6) is 0.861. The van der Waals surface area contributed by atoms with Gasteiger partial charge in [0, 0.05) is 13.0 Å². The van der Waals surface area contributed by atoms with Crippen LogP contribution in [0.5, 0.6) is 0 Å². The Labute approximate surface area is 72.6 Å². The zero-order valence-corrected chi connectivity index (χ0v) is 7.29. The highest BCUT2D eigenvalue weighted by Gasteiger charge is 2.28. The van der Waals surface area contributed by atoms with Crippen molar-refractivity contribution in [2.24, 2.45) is 5.92 Å². The van der Waals surface area contributed by atoms with E-state index in [1.807, 2.05) is 0 Å².